The minimum atomic E-state index is -0.622. The van der Waals surface area contributed by atoms with Gasteiger partial charge in [0.2, 0.25) is 29.4 Å². The van der Waals surface area contributed by atoms with Gasteiger partial charge >= 0.3 is 0 Å². The van der Waals surface area contributed by atoms with E-state index < -0.39 is 41.4 Å². The Bertz CT molecular complexity index is 4100. The molecule has 6 aromatic heterocycles. The smallest absolute Gasteiger partial charge is 0.287 e. The zero-order valence-electron chi connectivity index (χ0n) is 53.6. The molecule has 0 radical (unpaired) electrons. The Balaban J connectivity index is 0.662. The number of rotatable bonds is 28. The molecule has 1 atom stereocenters. The van der Waals surface area contributed by atoms with E-state index in [1.807, 2.05) is 23.9 Å². The number of carbonyl (C=O) groups excluding carboxylic acids is 10. The molecule has 2 aliphatic heterocycles. The zero-order chi connectivity index (χ0) is 67.5. The number of nitrogens with one attached hydrogen (secondary N) is 9. The van der Waals surface area contributed by atoms with Crippen molar-refractivity contribution in [3.63, 3.8) is 0 Å². The lowest BCUT2D eigenvalue weighted by Gasteiger charge is -2.20. The van der Waals surface area contributed by atoms with Crippen LogP contribution in [0.4, 0.5) is 40.1 Å². The maximum absolute atomic E-state index is 13.4. The summed E-state index contributed by atoms with van der Waals surface area (Å²) in [7, 11) is 15.1. The van der Waals surface area contributed by atoms with Crippen molar-refractivity contribution in [3.8, 4) is 11.5 Å². The second kappa shape index (κ2) is 29.8. The highest BCUT2D eigenvalue weighted by Crippen LogP contribution is 2.38. The van der Waals surface area contributed by atoms with Gasteiger partial charge in [0.1, 0.15) is 22.8 Å². The Morgan fingerprint density at radius 3 is 1.47 bits per heavy atom. The quantitative estimate of drug-likeness (QED) is 0.0317. The van der Waals surface area contributed by atoms with Crippen LogP contribution in [0.3, 0.4) is 0 Å². The SMILES string of the molecule is COc1cc2c(cc1OCCCC(=O)Nc1cc(C(=O)Nc3cn(C)c(C(=O)NCCC(=O)Nc4cc(C(=O)Nc5cn(C)c(C(=O)NCCC(=O)Nc6cc(C(=O)Nc7cc(C(=O)NCCCN(C)C)n(C)c7)n(C)c6)n5)n(C)c4)n3)n(C)c1)N=C[C@@H]1CCCN1C2=O. The van der Waals surface area contributed by atoms with Gasteiger partial charge in [0, 0.05) is 137 Å². The number of carbonyl (C=O) groups is 10. The van der Waals surface area contributed by atoms with Gasteiger partial charge in [0.25, 0.3) is 41.4 Å². The van der Waals surface area contributed by atoms with Crippen molar-refractivity contribution in [2.75, 3.05) is 92.4 Å². The summed E-state index contributed by atoms with van der Waals surface area (Å²) < 4.78 is 20.5. The van der Waals surface area contributed by atoms with Crippen LogP contribution in [0.25, 0.3) is 0 Å². The topological polar surface area (TPSA) is 372 Å². The van der Waals surface area contributed by atoms with Crippen LogP contribution in [0, 0.1) is 0 Å². The summed E-state index contributed by atoms with van der Waals surface area (Å²) in [5, 5.41) is 24.5. The fraction of sp³-hybridized carbons (Fsp3) is 0.371. The highest BCUT2D eigenvalue weighted by molar-refractivity contribution is 6.08. The standard InChI is InChI=1S/C62H76N20O12/c1-75(2)20-12-17-63-56(86)43-26-39(33-76(43)3)70-57(87)44-23-37(31-77(44)4)68-52(84)15-18-64-60(90)55-72-50(35-81(55)8)74-59(89)46-25-38(32-79(46)6)69-53(85)16-19-65-61(91)54-71-49(34-80(54)7)73-58(88)45-24-36(30-78(45)5)67-51(83)14-11-22-94-48-28-42-41(27-47(48)93-9)62(92)82-21-10-13-40(82)29-66-42/h23-35,40H,10-22H2,1-9H3,(H,63,86)(H,64,90)(H,65,91)(H,67,83)(H,68,84)(H,69,85)(H,70,87)(H,73,88)(H,74,89)/t40-/m0/s1. The highest BCUT2D eigenvalue weighted by Gasteiger charge is 2.33. The number of anilines is 6. The third-order valence-corrected chi connectivity index (χ3v) is 15.3. The molecule has 2 aliphatic rings. The summed E-state index contributed by atoms with van der Waals surface area (Å²) in [6.07, 6.45) is 13.7. The lowest BCUT2D eigenvalue weighted by Crippen LogP contribution is -2.35. The largest absolute Gasteiger partial charge is 0.493 e. The Morgan fingerprint density at radius 2 is 0.979 bits per heavy atom. The van der Waals surface area contributed by atoms with E-state index in [9.17, 15) is 47.9 Å². The number of aliphatic imine (C=N–C) groups is 1. The second-order valence-electron chi connectivity index (χ2n) is 22.9. The third-order valence-electron chi connectivity index (χ3n) is 15.3. The minimum Gasteiger partial charge on any atom is -0.493 e. The molecule has 1 aromatic carbocycles. The molecule has 0 bridgehead atoms. The molecular weight excluding hydrogens is 1220 g/mol. The summed E-state index contributed by atoms with van der Waals surface area (Å²) in [6.45, 7) is 2.01. The monoisotopic (exact) mass is 1290 g/mol. The van der Waals surface area contributed by atoms with Crippen molar-refractivity contribution < 1.29 is 57.4 Å². The van der Waals surface area contributed by atoms with Crippen LogP contribution in [-0.4, -0.2) is 179 Å². The number of imidazole rings is 2. The molecule has 32 nitrogen and oxygen atoms in total. The van der Waals surface area contributed by atoms with Crippen LogP contribution in [0.5, 0.6) is 11.5 Å². The van der Waals surface area contributed by atoms with E-state index in [4.69, 9.17) is 9.47 Å². The predicted octanol–water partition coefficient (Wildman–Crippen LogP) is 3.59. The molecule has 0 aliphatic carbocycles. The summed E-state index contributed by atoms with van der Waals surface area (Å²) in [6, 6.07) is 9.29. The van der Waals surface area contributed by atoms with E-state index in [1.165, 1.54) is 62.2 Å². The van der Waals surface area contributed by atoms with Gasteiger partial charge < -0.3 is 94.5 Å². The van der Waals surface area contributed by atoms with E-state index in [0.717, 1.165) is 25.8 Å². The number of nitrogens with zero attached hydrogens (tertiary/aromatic N) is 11. The third kappa shape index (κ3) is 16.6. The van der Waals surface area contributed by atoms with Crippen molar-refractivity contribution in [1.29, 1.82) is 0 Å². The van der Waals surface area contributed by atoms with Crippen LogP contribution in [0.15, 0.2) is 78.6 Å². The number of fused-ring (bicyclic) bond motifs is 2. The van der Waals surface area contributed by atoms with Crippen LogP contribution in [0.2, 0.25) is 0 Å². The van der Waals surface area contributed by atoms with Gasteiger partial charge in [-0.05, 0) is 76.7 Å². The second-order valence-corrected chi connectivity index (χ2v) is 22.9. The molecule has 9 rings (SSSR count). The normalized spacial score (nSPS) is 13.1. The lowest BCUT2D eigenvalue weighted by atomic mass is 10.1. The number of benzene rings is 1. The molecule has 10 amide bonds. The van der Waals surface area contributed by atoms with Crippen LogP contribution in [0.1, 0.15) is 118 Å². The van der Waals surface area contributed by atoms with Crippen LogP contribution < -0.4 is 57.3 Å². The van der Waals surface area contributed by atoms with Crippen LogP contribution >= 0.6 is 0 Å². The number of hydrogen-bond acceptors (Lipinski definition) is 16. The first kappa shape index (κ1) is 67.1. The molecule has 8 heterocycles. The van der Waals surface area contributed by atoms with Crippen LogP contribution in [-0.2, 0) is 56.7 Å². The van der Waals surface area contributed by atoms with Gasteiger partial charge in [-0.3, -0.25) is 52.9 Å². The van der Waals surface area contributed by atoms with Crippen molar-refractivity contribution in [2.45, 2.75) is 51.0 Å². The zero-order valence-corrected chi connectivity index (χ0v) is 53.6. The van der Waals surface area contributed by atoms with Gasteiger partial charge in [-0.25, -0.2) is 9.97 Å². The molecule has 9 N–H and O–H groups in total. The van der Waals surface area contributed by atoms with E-state index in [-0.39, 0.29) is 109 Å². The molecule has 0 spiro atoms. The predicted molar refractivity (Wildman–Crippen MR) is 347 cm³/mol. The first-order valence-electron chi connectivity index (χ1n) is 30.2. The number of amides is 10. The van der Waals surface area contributed by atoms with E-state index in [0.29, 0.717) is 65.0 Å². The molecule has 94 heavy (non-hydrogen) atoms. The summed E-state index contributed by atoms with van der Waals surface area (Å²) in [5.41, 5.74) is 3.31. The summed E-state index contributed by atoms with van der Waals surface area (Å²) >= 11 is 0. The van der Waals surface area contributed by atoms with Gasteiger partial charge in [0.05, 0.1) is 53.8 Å². The van der Waals surface area contributed by atoms with Gasteiger partial charge in [-0.15, -0.1) is 0 Å². The van der Waals surface area contributed by atoms with E-state index >= 15 is 0 Å². The number of ether oxygens (including phenoxy) is 2. The minimum absolute atomic E-state index is 0.0387. The molecule has 1 saturated heterocycles. The van der Waals surface area contributed by atoms with Crippen molar-refractivity contribution >= 4 is 105 Å². The first-order chi connectivity index (χ1) is 44.9. The average Bonchev–Trinajstić information content (AvgIpc) is 1.57. The molecule has 0 unspecified atom stereocenters. The van der Waals surface area contributed by atoms with E-state index in [2.05, 4.69) is 62.8 Å². The van der Waals surface area contributed by atoms with Gasteiger partial charge in [-0.2, -0.15) is 0 Å². The Kier molecular flexibility index (Phi) is 21.2. The molecule has 32 heteroatoms. The maximum atomic E-state index is 13.4. The lowest BCUT2D eigenvalue weighted by molar-refractivity contribution is -0.117. The number of methoxy groups -OCH3 is 1. The van der Waals surface area contributed by atoms with Gasteiger partial charge in [0.15, 0.2) is 23.1 Å². The number of aryl methyl sites for hydroxylation is 6. The highest BCUT2D eigenvalue weighted by atomic mass is 16.5. The summed E-state index contributed by atoms with van der Waals surface area (Å²) in [5.74, 6) is -3.67. The maximum Gasteiger partial charge on any atom is 0.287 e. The number of aromatic nitrogens is 8. The molecule has 0 saturated carbocycles. The fourth-order valence-electron chi connectivity index (χ4n) is 10.6. The summed E-state index contributed by atoms with van der Waals surface area (Å²) in [4.78, 5) is 148. The molecule has 1 fully saturated rings. The van der Waals surface area contributed by atoms with Gasteiger partial charge in [-0.1, -0.05) is 0 Å². The first-order valence-corrected chi connectivity index (χ1v) is 30.2. The van der Waals surface area contributed by atoms with Crippen molar-refractivity contribution in [3.05, 3.63) is 114 Å². The fourth-order valence-corrected chi connectivity index (χ4v) is 10.6. The Hall–Kier alpha value is -11.3. The average molecular weight is 1290 g/mol. The number of hydrogen-bond donors (Lipinski definition) is 9. The van der Waals surface area contributed by atoms with Crippen molar-refractivity contribution in [1.82, 2.24) is 63.1 Å². The molecule has 7 aromatic rings. The van der Waals surface area contributed by atoms with Crippen molar-refractivity contribution in [2.24, 2.45) is 47.3 Å². The Labute approximate surface area is 539 Å². The Morgan fingerprint density at radius 1 is 0.521 bits per heavy atom. The molecular formula is C62H76N20O12. The van der Waals surface area contributed by atoms with E-state index in [1.54, 1.807) is 94.4 Å². The molecule has 496 valence electrons.